The minimum absolute atomic E-state index is 0.119. The number of carbonyl (C=O) groups excluding carboxylic acids is 2. The van der Waals surface area contributed by atoms with Crippen molar-refractivity contribution in [1.82, 2.24) is 10.2 Å². The van der Waals surface area contributed by atoms with Crippen LogP contribution in [0.15, 0.2) is 59.5 Å². The largest absolute Gasteiger partial charge is 0.380 e. The highest BCUT2D eigenvalue weighted by atomic mass is 35.5. The first-order valence-corrected chi connectivity index (χ1v) is 13.8. The van der Waals surface area contributed by atoms with E-state index in [1.54, 1.807) is 16.7 Å². The van der Waals surface area contributed by atoms with Gasteiger partial charge >= 0.3 is 0 Å². The summed E-state index contributed by atoms with van der Waals surface area (Å²) < 4.78 is 0. The molecule has 2 aliphatic rings. The highest BCUT2D eigenvalue weighted by Crippen LogP contribution is 2.35. The molecule has 37 heavy (non-hydrogen) atoms. The predicted molar refractivity (Wildman–Crippen MR) is 149 cm³/mol. The topological polar surface area (TPSA) is 93.1 Å². The van der Waals surface area contributed by atoms with E-state index in [4.69, 9.17) is 11.6 Å². The number of rotatable bonds is 9. The molecule has 0 bridgehead atoms. The molecular weight excluding hydrogens is 510 g/mol. The molecule has 3 N–H and O–H groups in total. The average molecular weight is 544 g/mol. The van der Waals surface area contributed by atoms with Crippen LogP contribution in [0, 0.1) is 0 Å². The number of carbonyl (C=O) groups is 2. The van der Waals surface area contributed by atoms with Gasteiger partial charge in [0.05, 0.1) is 6.04 Å². The van der Waals surface area contributed by atoms with E-state index >= 15 is 0 Å². The number of benzene rings is 2. The molecule has 2 amide bonds. The Morgan fingerprint density at radius 2 is 1.95 bits per heavy atom. The molecule has 9 heteroatoms. The van der Waals surface area contributed by atoms with E-state index in [9.17, 15) is 19.8 Å². The molecule has 7 nitrogen and oxygen atoms in total. The normalized spacial score (nSPS) is 20.9. The number of likely N-dealkylation sites (tertiary alicyclic amines) is 1. The van der Waals surface area contributed by atoms with Crippen LogP contribution in [-0.2, 0) is 16.0 Å². The second-order valence-corrected chi connectivity index (χ2v) is 11.4. The third-order valence-corrected chi connectivity index (χ3v) is 8.48. The quantitative estimate of drug-likeness (QED) is 0.448. The van der Waals surface area contributed by atoms with E-state index in [0.29, 0.717) is 13.1 Å². The first-order valence-electron chi connectivity index (χ1n) is 12.5. The fourth-order valence-electron chi connectivity index (χ4n) is 4.86. The molecule has 0 aliphatic carbocycles. The zero-order valence-electron chi connectivity index (χ0n) is 21.1. The number of allylic oxidation sites excluding steroid dienone is 1. The number of hydrogen-bond donors (Lipinski definition) is 3. The van der Waals surface area contributed by atoms with Crippen LogP contribution in [0.5, 0.6) is 0 Å². The minimum atomic E-state index is -1.83. The number of halogens is 1. The van der Waals surface area contributed by atoms with E-state index in [2.05, 4.69) is 10.7 Å². The van der Waals surface area contributed by atoms with Crippen molar-refractivity contribution in [3.05, 3.63) is 75.7 Å². The number of anilines is 1. The molecule has 0 spiro atoms. The summed E-state index contributed by atoms with van der Waals surface area (Å²) in [6.45, 7) is 0.799. The first kappa shape index (κ1) is 27.5. The van der Waals surface area contributed by atoms with E-state index in [1.807, 2.05) is 67.5 Å². The average Bonchev–Trinajstić information content (AvgIpc) is 3.57. The number of nitrogens with one attached hydrogen (secondary N) is 1. The van der Waals surface area contributed by atoms with Crippen LogP contribution < -0.4 is 10.2 Å². The molecule has 0 aromatic heterocycles. The number of hydrogen-bond acceptors (Lipinski definition) is 6. The Balaban J connectivity index is 1.28. The summed E-state index contributed by atoms with van der Waals surface area (Å²) in [6, 6.07) is 15.5. The Bertz CT molecular complexity index is 1160. The Hall–Kier alpha value is -2.52. The Labute approximate surface area is 227 Å². The molecule has 4 atom stereocenters. The second kappa shape index (κ2) is 12.3. The van der Waals surface area contributed by atoms with Crippen LogP contribution in [0.25, 0.3) is 0 Å². The van der Waals surface area contributed by atoms with Crippen molar-refractivity contribution in [2.75, 3.05) is 32.1 Å². The highest BCUT2D eigenvalue weighted by molar-refractivity contribution is 8.03. The van der Waals surface area contributed by atoms with Crippen molar-refractivity contribution in [2.45, 2.75) is 49.2 Å². The zero-order valence-corrected chi connectivity index (χ0v) is 22.7. The van der Waals surface area contributed by atoms with Gasteiger partial charge in [-0.25, -0.2) is 0 Å². The summed E-state index contributed by atoms with van der Waals surface area (Å²) in [6.07, 6.45) is -0.553. The van der Waals surface area contributed by atoms with Crippen molar-refractivity contribution >= 4 is 40.9 Å². The number of nitrogens with zero attached hydrogens (tertiary/aromatic N) is 2. The highest BCUT2D eigenvalue weighted by Gasteiger charge is 2.38. The molecule has 2 heterocycles. The van der Waals surface area contributed by atoms with Gasteiger partial charge in [0.2, 0.25) is 0 Å². The number of aliphatic hydroxyl groups excluding tert-OH is 2. The monoisotopic (exact) mass is 543 g/mol. The molecule has 1 unspecified atom stereocenters. The fraction of sp³-hybridized carbons (Fsp3) is 0.429. The van der Waals surface area contributed by atoms with Crippen molar-refractivity contribution in [3.63, 3.8) is 0 Å². The Morgan fingerprint density at radius 3 is 2.70 bits per heavy atom. The summed E-state index contributed by atoms with van der Waals surface area (Å²) in [4.78, 5) is 29.3. The molecule has 1 fully saturated rings. The van der Waals surface area contributed by atoms with Crippen LogP contribution in [-0.4, -0.2) is 71.6 Å². The van der Waals surface area contributed by atoms with Gasteiger partial charge in [-0.2, -0.15) is 0 Å². The zero-order chi connectivity index (χ0) is 26.5. The summed E-state index contributed by atoms with van der Waals surface area (Å²) in [7, 11) is 3.91. The number of aliphatic hydroxyl groups is 2. The SMILES string of the molecule is CN(C)c1cccc([C@H]2CCCN2C(=O)[C@H](O)[C@@H](O)C(=O)NCC2CC(Cc3ccccc3Cl)=CS2)c1. The summed E-state index contributed by atoms with van der Waals surface area (Å²) >= 11 is 7.89. The molecular formula is C28H34ClN3O4S. The molecule has 0 radical (unpaired) electrons. The van der Waals surface area contributed by atoms with Crippen LogP contribution in [0.4, 0.5) is 5.69 Å². The lowest BCUT2D eigenvalue weighted by molar-refractivity contribution is -0.153. The summed E-state index contributed by atoms with van der Waals surface area (Å²) in [5.74, 6) is -1.37. The summed E-state index contributed by atoms with van der Waals surface area (Å²) in [5, 5.41) is 26.7. The van der Waals surface area contributed by atoms with E-state index in [-0.39, 0.29) is 11.3 Å². The van der Waals surface area contributed by atoms with Gasteiger partial charge in [-0.3, -0.25) is 9.59 Å². The van der Waals surface area contributed by atoms with Crippen molar-refractivity contribution in [3.8, 4) is 0 Å². The van der Waals surface area contributed by atoms with E-state index in [0.717, 1.165) is 47.5 Å². The maximum atomic E-state index is 13.1. The van der Waals surface area contributed by atoms with Gasteiger partial charge in [0.25, 0.3) is 11.8 Å². The van der Waals surface area contributed by atoms with Crippen molar-refractivity contribution < 1.29 is 19.8 Å². The maximum Gasteiger partial charge on any atom is 0.255 e. The lowest BCUT2D eigenvalue weighted by atomic mass is 10.0. The van der Waals surface area contributed by atoms with Crippen molar-refractivity contribution in [2.24, 2.45) is 0 Å². The molecule has 4 rings (SSSR count). The van der Waals surface area contributed by atoms with Crippen LogP contribution in [0.2, 0.25) is 5.02 Å². The molecule has 2 aromatic carbocycles. The van der Waals surface area contributed by atoms with Gasteiger partial charge in [0.15, 0.2) is 12.2 Å². The van der Waals surface area contributed by atoms with Gasteiger partial charge in [0.1, 0.15) is 0 Å². The van der Waals surface area contributed by atoms with Crippen molar-refractivity contribution in [1.29, 1.82) is 0 Å². The molecule has 2 aliphatic heterocycles. The summed E-state index contributed by atoms with van der Waals surface area (Å²) in [5.41, 5.74) is 4.28. The second-order valence-electron chi connectivity index (χ2n) is 9.82. The van der Waals surface area contributed by atoms with E-state index in [1.165, 1.54) is 5.57 Å². The minimum Gasteiger partial charge on any atom is -0.380 e. The predicted octanol–water partition coefficient (Wildman–Crippen LogP) is 3.54. The first-order chi connectivity index (χ1) is 17.7. The number of amides is 2. The molecule has 2 aromatic rings. The Morgan fingerprint density at radius 1 is 1.16 bits per heavy atom. The third kappa shape index (κ3) is 6.68. The molecule has 198 valence electrons. The lowest BCUT2D eigenvalue weighted by Crippen LogP contribution is -2.51. The van der Waals surface area contributed by atoms with E-state index < -0.39 is 24.0 Å². The van der Waals surface area contributed by atoms with Gasteiger partial charge in [-0.1, -0.05) is 47.5 Å². The third-order valence-electron chi connectivity index (χ3n) is 6.92. The fourth-order valence-corrected chi connectivity index (χ4v) is 6.11. The smallest absolute Gasteiger partial charge is 0.255 e. The van der Waals surface area contributed by atoms with Gasteiger partial charge in [-0.15, -0.1) is 11.8 Å². The lowest BCUT2D eigenvalue weighted by Gasteiger charge is -2.29. The van der Waals surface area contributed by atoms with Crippen LogP contribution >= 0.6 is 23.4 Å². The van der Waals surface area contributed by atoms with Gasteiger partial charge in [0, 0.05) is 43.1 Å². The van der Waals surface area contributed by atoms with Crippen LogP contribution in [0.1, 0.15) is 36.4 Å². The van der Waals surface area contributed by atoms with Gasteiger partial charge < -0.3 is 25.3 Å². The standard InChI is InChI=1S/C28H34ClN3O4S/c1-31(2)21-9-5-8-20(15-21)24-11-6-12-32(24)28(36)26(34)25(33)27(35)30-16-22-14-18(17-37-22)13-19-7-3-4-10-23(19)29/h3-5,7-10,15,17,22,24-26,33-34H,6,11-14,16H2,1-2H3,(H,30,35)/t22?,24-,25-,26-/m1/s1. The van der Waals surface area contributed by atoms with Crippen LogP contribution in [0.3, 0.4) is 0 Å². The maximum absolute atomic E-state index is 13.1. The number of thioether (sulfide) groups is 1. The Kier molecular flexibility index (Phi) is 9.18. The molecule has 0 saturated carbocycles. The molecule has 1 saturated heterocycles. The van der Waals surface area contributed by atoms with Gasteiger partial charge in [-0.05, 0) is 60.4 Å².